The molecular formula is C24H23BrN2O4. The largest absolute Gasteiger partial charge is 0.493 e. The lowest BCUT2D eigenvalue weighted by atomic mass is 10.2. The van der Waals surface area contributed by atoms with Crippen LogP contribution in [0.25, 0.3) is 0 Å². The number of halogens is 1. The predicted molar refractivity (Wildman–Crippen MR) is 124 cm³/mol. The zero-order chi connectivity index (χ0) is 22.2. The minimum Gasteiger partial charge on any atom is -0.493 e. The van der Waals surface area contributed by atoms with E-state index in [-0.39, 0.29) is 5.91 Å². The average molecular weight is 483 g/mol. The number of carbonyl (C=O) groups is 1. The van der Waals surface area contributed by atoms with Crippen LogP contribution in [0.4, 0.5) is 0 Å². The highest BCUT2D eigenvalue weighted by molar-refractivity contribution is 9.10. The van der Waals surface area contributed by atoms with Crippen LogP contribution in [0.5, 0.6) is 17.2 Å². The summed E-state index contributed by atoms with van der Waals surface area (Å²) in [5.74, 6) is 1.41. The van der Waals surface area contributed by atoms with Crippen molar-refractivity contribution in [1.29, 1.82) is 0 Å². The molecule has 31 heavy (non-hydrogen) atoms. The summed E-state index contributed by atoms with van der Waals surface area (Å²) >= 11 is 3.52. The summed E-state index contributed by atoms with van der Waals surface area (Å²) in [4.78, 5) is 12.3. The minimum atomic E-state index is -0.352. The van der Waals surface area contributed by atoms with E-state index in [0.717, 1.165) is 21.3 Å². The molecule has 0 bridgehead atoms. The number of aryl methyl sites for hydroxylation is 1. The Morgan fingerprint density at radius 2 is 1.68 bits per heavy atom. The third-order valence-electron chi connectivity index (χ3n) is 4.50. The number of hydrazone groups is 1. The third kappa shape index (κ3) is 6.08. The molecule has 0 saturated carbocycles. The SMILES string of the molecule is COc1ccc(C(=O)N/N=C/c2ccc(OCc3ccc(C)cc3)c(Br)c2)cc1OC. The van der Waals surface area contributed by atoms with E-state index in [2.05, 4.69) is 45.5 Å². The van der Waals surface area contributed by atoms with Crippen molar-refractivity contribution in [2.75, 3.05) is 14.2 Å². The Bertz CT molecular complexity index is 1080. The summed E-state index contributed by atoms with van der Waals surface area (Å²) in [5.41, 5.74) is 6.04. The Hall–Kier alpha value is -3.32. The summed E-state index contributed by atoms with van der Waals surface area (Å²) in [6.45, 7) is 2.53. The van der Waals surface area contributed by atoms with Gasteiger partial charge < -0.3 is 14.2 Å². The Labute approximate surface area is 190 Å². The minimum absolute atomic E-state index is 0.352. The van der Waals surface area contributed by atoms with Crippen molar-refractivity contribution in [2.45, 2.75) is 13.5 Å². The molecule has 0 aromatic heterocycles. The zero-order valence-electron chi connectivity index (χ0n) is 17.5. The van der Waals surface area contributed by atoms with Crippen molar-refractivity contribution in [3.63, 3.8) is 0 Å². The lowest BCUT2D eigenvalue weighted by Gasteiger charge is -2.09. The van der Waals surface area contributed by atoms with E-state index in [1.807, 2.05) is 30.3 Å². The average Bonchev–Trinajstić information content (AvgIpc) is 2.79. The molecule has 7 heteroatoms. The molecule has 0 unspecified atom stereocenters. The molecule has 0 aliphatic rings. The van der Waals surface area contributed by atoms with Crippen LogP contribution >= 0.6 is 15.9 Å². The lowest BCUT2D eigenvalue weighted by Crippen LogP contribution is -2.17. The maximum absolute atomic E-state index is 12.3. The Morgan fingerprint density at radius 1 is 0.968 bits per heavy atom. The number of methoxy groups -OCH3 is 2. The molecule has 3 aromatic rings. The fourth-order valence-electron chi connectivity index (χ4n) is 2.77. The van der Waals surface area contributed by atoms with Gasteiger partial charge in [-0.25, -0.2) is 5.43 Å². The quantitative estimate of drug-likeness (QED) is 0.357. The monoisotopic (exact) mass is 482 g/mol. The number of ether oxygens (including phenoxy) is 3. The van der Waals surface area contributed by atoms with Crippen molar-refractivity contribution in [2.24, 2.45) is 5.10 Å². The van der Waals surface area contributed by atoms with Gasteiger partial charge in [-0.1, -0.05) is 29.8 Å². The van der Waals surface area contributed by atoms with Crippen molar-refractivity contribution in [1.82, 2.24) is 5.43 Å². The van der Waals surface area contributed by atoms with Crippen LogP contribution in [0, 0.1) is 6.92 Å². The number of hydrogen-bond donors (Lipinski definition) is 1. The molecule has 0 aliphatic carbocycles. The van der Waals surface area contributed by atoms with Crippen LogP contribution in [0.15, 0.2) is 70.2 Å². The number of carbonyl (C=O) groups excluding carboxylic acids is 1. The van der Waals surface area contributed by atoms with Crippen molar-refractivity contribution < 1.29 is 19.0 Å². The van der Waals surface area contributed by atoms with Crippen molar-refractivity contribution in [3.8, 4) is 17.2 Å². The molecule has 0 heterocycles. The van der Waals surface area contributed by atoms with E-state index >= 15 is 0 Å². The molecule has 0 aliphatic heterocycles. The molecule has 1 amide bonds. The standard InChI is InChI=1S/C24H23BrN2O4/c1-16-4-6-17(7-5-16)15-31-21-10-8-18(12-20(21)25)14-26-27-24(28)19-9-11-22(29-2)23(13-19)30-3/h4-14H,15H2,1-3H3,(H,27,28)/b26-14+. The third-order valence-corrected chi connectivity index (χ3v) is 5.12. The topological polar surface area (TPSA) is 69.2 Å². The van der Waals surface area contributed by atoms with Gasteiger partial charge in [0.05, 0.1) is 24.9 Å². The second-order valence-corrected chi connectivity index (χ2v) is 7.59. The van der Waals surface area contributed by atoms with Crippen LogP contribution in [-0.4, -0.2) is 26.3 Å². The van der Waals surface area contributed by atoms with Crippen molar-refractivity contribution >= 4 is 28.1 Å². The highest BCUT2D eigenvalue weighted by Gasteiger charge is 2.10. The molecule has 160 valence electrons. The molecule has 0 atom stereocenters. The van der Waals surface area contributed by atoms with Gasteiger partial charge in [0.15, 0.2) is 11.5 Å². The lowest BCUT2D eigenvalue weighted by molar-refractivity contribution is 0.0954. The summed E-state index contributed by atoms with van der Waals surface area (Å²) in [6, 6.07) is 18.7. The number of amides is 1. The first kappa shape index (κ1) is 22.4. The number of hydrogen-bond acceptors (Lipinski definition) is 5. The van der Waals surface area contributed by atoms with Crippen LogP contribution in [-0.2, 0) is 6.61 Å². The van der Waals surface area contributed by atoms with Gasteiger partial charge in [0.1, 0.15) is 12.4 Å². The van der Waals surface area contributed by atoms with E-state index in [9.17, 15) is 4.79 Å². The first-order valence-corrected chi connectivity index (χ1v) is 10.3. The van der Waals surface area contributed by atoms with Crippen molar-refractivity contribution in [3.05, 3.63) is 87.4 Å². The van der Waals surface area contributed by atoms with Crippen LogP contribution < -0.4 is 19.6 Å². The van der Waals surface area contributed by atoms with Gasteiger partial charge in [0, 0.05) is 5.56 Å². The maximum Gasteiger partial charge on any atom is 0.271 e. The summed E-state index contributed by atoms with van der Waals surface area (Å²) in [5, 5.41) is 4.03. The highest BCUT2D eigenvalue weighted by atomic mass is 79.9. The summed E-state index contributed by atoms with van der Waals surface area (Å²) in [7, 11) is 3.06. The van der Waals surface area contributed by atoms with Crippen LogP contribution in [0.2, 0.25) is 0 Å². The fraction of sp³-hybridized carbons (Fsp3) is 0.167. The Kier molecular flexibility index (Phi) is 7.67. The highest BCUT2D eigenvalue weighted by Crippen LogP contribution is 2.28. The molecule has 0 fully saturated rings. The molecule has 0 radical (unpaired) electrons. The van der Waals surface area contributed by atoms with E-state index in [0.29, 0.717) is 23.7 Å². The van der Waals surface area contributed by atoms with Gasteiger partial charge in [-0.15, -0.1) is 0 Å². The first-order chi connectivity index (χ1) is 15.0. The van der Waals surface area contributed by atoms with Crippen LogP contribution in [0.3, 0.4) is 0 Å². The normalized spacial score (nSPS) is 10.7. The maximum atomic E-state index is 12.3. The van der Waals surface area contributed by atoms with Gasteiger partial charge in [0.25, 0.3) is 5.91 Å². The predicted octanol–water partition coefficient (Wildman–Crippen LogP) is 5.12. The van der Waals surface area contributed by atoms with Gasteiger partial charge in [-0.2, -0.15) is 5.10 Å². The molecular weight excluding hydrogens is 460 g/mol. The molecule has 0 spiro atoms. The molecule has 0 saturated heterocycles. The van der Waals surface area contributed by atoms with Gasteiger partial charge in [-0.05, 0) is 70.4 Å². The first-order valence-electron chi connectivity index (χ1n) is 9.53. The van der Waals surface area contributed by atoms with E-state index in [1.54, 1.807) is 31.5 Å². The number of benzene rings is 3. The number of rotatable bonds is 8. The number of nitrogens with zero attached hydrogens (tertiary/aromatic N) is 1. The molecule has 6 nitrogen and oxygen atoms in total. The Balaban J connectivity index is 1.59. The second kappa shape index (κ2) is 10.6. The molecule has 3 aromatic carbocycles. The van der Waals surface area contributed by atoms with Gasteiger partial charge >= 0.3 is 0 Å². The fourth-order valence-corrected chi connectivity index (χ4v) is 3.28. The second-order valence-electron chi connectivity index (χ2n) is 6.73. The smallest absolute Gasteiger partial charge is 0.271 e. The molecule has 1 N–H and O–H groups in total. The molecule has 3 rings (SSSR count). The van der Waals surface area contributed by atoms with Gasteiger partial charge in [0.2, 0.25) is 0 Å². The Morgan fingerprint density at radius 3 is 2.35 bits per heavy atom. The summed E-state index contributed by atoms with van der Waals surface area (Å²) in [6.07, 6.45) is 1.56. The summed E-state index contributed by atoms with van der Waals surface area (Å²) < 4.78 is 17.1. The zero-order valence-corrected chi connectivity index (χ0v) is 19.1. The van der Waals surface area contributed by atoms with Crippen LogP contribution in [0.1, 0.15) is 27.0 Å². The van der Waals surface area contributed by atoms with Gasteiger partial charge in [-0.3, -0.25) is 4.79 Å². The number of nitrogens with one attached hydrogen (secondary N) is 1. The van der Waals surface area contributed by atoms with E-state index < -0.39 is 0 Å². The van der Waals surface area contributed by atoms with E-state index in [4.69, 9.17) is 14.2 Å². The van der Waals surface area contributed by atoms with E-state index in [1.165, 1.54) is 12.7 Å².